The van der Waals surface area contributed by atoms with E-state index in [2.05, 4.69) is 36.6 Å². The smallest absolute Gasteiger partial charge is 0.220 e. The normalized spacial score (nSPS) is 38.6. The molecule has 0 aromatic heterocycles. The van der Waals surface area contributed by atoms with E-state index in [4.69, 9.17) is 66.3 Å². The summed E-state index contributed by atoms with van der Waals surface area (Å²) >= 11 is 0. The lowest BCUT2D eigenvalue weighted by molar-refractivity contribution is -0.411. The maximum Gasteiger partial charge on any atom is 0.220 e. The Bertz CT molecular complexity index is 2920. The van der Waals surface area contributed by atoms with Crippen LogP contribution in [0.4, 0.5) is 0 Å². The fourth-order valence-corrected chi connectivity index (χ4v) is 16.8. The molecule has 37 atom stereocenters. The van der Waals surface area contributed by atoms with E-state index >= 15 is 0 Å². The van der Waals surface area contributed by atoms with E-state index < -0.39 is 273 Å². The van der Waals surface area contributed by atoms with Gasteiger partial charge in [0.25, 0.3) is 0 Å². The molecule has 0 radical (unpaired) electrons. The Balaban J connectivity index is 1.05. The minimum Gasteiger partial charge on any atom is -0.394 e. The van der Waals surface area contributed by atoms with Gasteiger partial charge in [-0.15, -0.1) is 0 Å². The van der Waals surface area contributed by atoms with Crippen LogP contribution >= 0.6 is 0 Å². The van der Waals surface area contributed by atoms with Gasteiger partial charge in [-0.1, -0.05) is 192 Å². The molecule has 124 heavy (non-hydrogen) atoms. The van der Waals surface area contributed by atoms with Gasteiger partial charge >= 0.3 is 0 Å². The Morgan fingerprint density at radius 3 is 1.15 bits per heavy atom. The molecule has 724 valence electrons. The molecule has 7 fully saturated rings. The molecule has 38 heteroatoms. The molecule has 22 N–H and O–H groups in total. The van der Waals surface area contributed by atoms with Gasteiger partial charge in [0.15, 0.2) is 44.0 Å². The SMILES string of the molecule is CCCCCCCC/C=C\CCCCCCCCCCCCCC(=O)N[C@@H](CO[C@@H]1OC(CO)[C@@H](O[C@@H]2OC(CO)[C@H](O)[C@H](O[C@@H]3OC(CO)[C@@H](O[C@@H]4OC(CO)[C@H](O)[C@H](O[C@H]5OC(CO)[C@H](O)[C@H](O)C5O)C4O[C@H]4OC(C)[C@@H](O)C(O)[C@@H]4O)[C@H](O[C@H]4OC(C)[C@@H](O)C(O)[C@@H]4O)C3NC(C)=O)C2O)[C@H](O)C1O)[C@H](O)/C=C/CCCCCCCCCCCCC. The van der Waals surface area contributed by atoms with Crippen LogP contribution in [0, 0.1) is 0 Å². The Morgan fingerprint density at radius 1 is 0.331 bits per heavy atom. The van der Waals surface area contributed by atoms with Gasteiger partial charge in [-0.2, -0.15) is 0 Å². The van der Waals surface area contributed by atoms with Crippen LogP contribution in [0.2, 0.25) is 0 Å². The molecule has 0 saturated carbocycles. The van der Waals surface area contributed by atoms with Crippen molar-refractivity contribution < 1.29 is 178 Å². The van der Waals surface area contributed by atoms with Crippen molar-refractivity contribution in [3.63, 3.8) is 0 Å². The van der Waals surface area contributed by atoms with Crippen LogP contribution in [-0.2, 0) is 75.9 Å². The zero-order valence-electron chi connectivity index (χ0n) is 73.0. The molecule has 0 bridgehead atoms. The number of nitrogens with one attached hydrogen (secondary N) is 2. The molecule has 7 saturated heterocycles. The number of ether oxygens (including phenoxy) is 14. The summed E-state index contributed by atoms with van der Waals surface area (Å²) in [6.07, 6.45) is -25.2. The molecule has 0 spiro atoms. The lowest BCUT2D eigenvalue weighted by Gasteiger charge is -2.53. The van der Waals surface area contributed by atoms with Crippen molar-refractivity contribution in [3.8, 4) is 0 Å². The summed E-state index contributed by atoms with van der Waals surface area (Å²) in [7, 11) is 0. The van der Waals surface area contributed by atoms with Crippen LogP contribution in [-0.4, -0.2) is 381 Å². The van der Waals surface area contributed by atoms with Crippen molar-refractivity contribution in [2.75, 3.05) is 39.6 Å². The van der Waals surface area contributed by atoms with Crippen molar-refractivity contribution >= 4 is 11.8 Å². The van der Waals surface area contributed by atoms with E-state index in [0.29, 0.717) is 12.8 Å². The van der Waals surface area contributed by atoms with Crippen molar-refractivity contribution in [2.45, 2.75) is 467 Å². The van der Waals surface area contributed by atoms with Gasteiger partial charge in [-0.05, 0) is 58.8 Å². The highest BCUT2D eigenvalue weighted by molar-refractivity contribution is 5.76. The topological polar surface area (TPSA) is 592 Å². The van der Waals surface area contributed by atoms with Crippen molar-refractivity contribution in [2.24, 2.45) is 0 Å². The van der Waals surface area contributed by atoms with E-state index in [1.807, 2.05) is 6.08 Å². The van der Waals surface area contributed by atoms with E-state index in [-0.39, 0.29) is 12.3 Å². The Morgan fingerprint density at radius 2 is 0.677 bits per heavy atom. The van der Waals surface area contributed by atoms with Gasteiger partial charge in [0.05, 0.1) is 64.0 Å². The second-order valence-electron chi connectivity index (χ2n) is 34.5. The zero-order chi connectivity index (χ0) is 90.5. The second-order valence-corrected chi connectivity index (χ2v) is 34.5. The van der Waals surface area contributed by atoms with Crippen molar-refractivity contribution in [1.29, 1.82) is 0 Å². The fraction of sp³-hybridized carbons (Fsp3) is 0.930. The molecular formula is C86H154N2O36. The first-order valence-corrected chi connectivity index (χ1v) is 45.9. The average molecular weight is 1790 g/mol. The number of unbranched alkanes of at least 4 members (excludes halogenated alkanes) is 28. The molecule has 0 aromatic carbocycles. The third-order valence-corrected chi connectivity index (χ3v) is 24.5. The molecular weight excluding hydrogens is 1640 g/mol. The number of hydrogen-bond donors (Lipinski definition) is 22. The van der Waals surface area contributed by atoms with Crippen LogP contribution in [0.3, 0.4) is 0 Å². The minimum atomic E-state index is -2.31. The quantitative estimate of drug-likeness (QED) is 0.0268. The number of aliphatic hydroxyl groups is 20. The van der Waals surface area contributed by atoms with Crippen molar-refractivity contribution in [3.05, 3.63) is 24.3 Å². The zero-order valence-corrected chi connectivity index (χ0v) is 73.0. The largest absolute Gasteiger partial charge is 0.394 e. The molecule has 14 unspecified atom stereocenters. The number of carbonyl (C=O) groups is 2. The molecule has 7 rings (SSSR count). The summed E-state index contributed by atoms with van der Waals surface area (Å²) in [6.45, 7) is 2.13. The number of allylic oxidation sites excluding steroid dienone is 3. The van der Waals surface area contributed by atoms with Gasteiger partial charge in [-0.25, -0.2) is 0 Å². The molecule has 0 aromatic rings. The Labute approximate surface area is 728 Å². The molecule has 7 heterocycles. The standard InChI is InChI=1S/C86H154N2O36/c1-6-8-10-12-14-16-18-20-21-22-23-24-25-26-27-29-31-33-35-37-39-41-58(96)88-51(52(95)40-38-36-34-32-30-28-19-17-15-13-11-9-7-2)47-111-81-72(109)68(105)74(56(45-92)118-81)119-85-73(110)77(63(100)54(43-90)115-85)122-80-59(87-50(5)94)76(121-82-69(106)65(102)60(97)48(3)112-82)75(57(46-93)117-80)120-86-79(124-83-70(107)66(103)61(98)49(4)113-83)78(64(101)55(44-91)116-86)123-84-71(108)67(104)62(99)53(42-89)114-84/h20-21,38,40,48-49,51-57,59-86,89-93,95,97-110H,6-19,22-37,39,41-47H2,1-5H3,(H,87,94)(H,88,96)/b21-20-,40-38+/t48?,49?,51-,52+,53?,54?,55?,56?,57?,59?,60+,61+,62-,63-,64-,65?,66?,67-,68+,69-,70-,71?,72?,73?,74+,75+,76+,77-,78-,79?,80-,81+,82+,83+,84+,85-,86-/m0/s1. The number of amides is 2. The van der Waals surface area contributed by atoms with Crippen LogP contribution < -0.4 is 10.6 Å². The predicted molar refractivity (Wildman–Crippen MR) is 440 cm³/mol. The first-order valence-electron chi connectivity index (χ1n) is 45.9. The highest BCUT2D eigenvalue weighted by atomic mass is 16.8. The number of carbonyl (C=O) groups excluding carboxylic acids is 2. The first-order chi connectivity index (χ1) is 59.6. The average Bonchev–Trinajstić information content (AvgIpc) is 0.752. The van der Waals surface area contributed by atoms with Gasteiger partial charge in [0.1, 0.15) is 159 Å². The van der Waals surface area contributed by atoms with Gasteiger partial charge < -0.3 is 179 Å². The Hall–Kier alpha value is -2.94. The monoisotopic (exact) mass is 1790 g/mol. The predicted octanol–water partition coefficient (Wildman–Crippen LogP) is -0.572. The molecule has 0 aliphatic carbocycles. The minimum absolute atomic E-state index is 0.150. The van der Waals surface area contributed by atoms with E-state index in [1.165, 1.54) is 136 Å². The molecule has 2 amide bonds. The number of hydrogen-bond acceptors (Lipinski definition) is 36. The molecule has 7 aliphatic rings. The first kappa shape index (κ1) is 108. The highest BCUT2D eigenvalue weighted by Crippen LogP contribution is 2.41. The van der Waals surface area contributed by atoms with E-state index in [1.54, 1.807) is 6.08 Å². The van der Waals surface area contributed by atoms with Crippen molar-refractivity contribution in [1.82, 2.24) is 10.6 Å². The lowest BCUT2D eigenvalue weighted by Crippen LogP contribution is -2.72. The lowest BCUT2D eigenvalue weighted by atomic mass is 9.93. The summed E-state index contributed by atoms with van der Waals surface area (Å²) < 4.78 is 85.4. The highest BCUT2D eigenvalue weighted by Gasteiger charge is 2.61. The molecule has 7 aliphatic heterocycles. The van der Waals surface area contributed by atoms with Gasteiger partial charge in [0, 0.05) is 13.3 Å². The Kier molecular flexibility index (Phi) is 50.1. The fourth-order valence-electron chi connectivity index (χ4n) is 16.8. The summed E-state index contributed by atoms with van der Waals surface area (Å²) in [5, 5.41) is 230. The molecule has 38 nitrogen and oxygen atoms in total. The summed E-state index contributed by atoms with van der Waals surface area (Å²) in [6, 6.07) is -3.10. The van der Waals surface area contributed by atoms with E-state index in [9.17, 15) is 112 Å². The number of aliphatic hydroxyl groups excluding tert-OH is 20. The van der Waals surface area contributed by atoms with Crippen LogP contribution in [0.5, 0.6) is 0 Å². The summed E-state index contributed by atoms with van der Waals surface area (Å²) in [5.41, 5.74) is 0. The van der Waals surface area contributed by atoms with Gasteiger partial charge in [0.2, 0.25) is 11.8 Å². The van der Waals surface area contributed by atoms with Crippen LogP contribution in [0.1, 0.15) is 240 Å². The van der Waals surface area contributed by atoms with Crippen LogP contribution in [0.15, 0.2) is 24.3 Å². The second kappa shape index (κ2) is 57.5. The van der Waals surface area contributed by atoms with E-state index in [0.717, 1.165) is 71.1 Å². The van der Waals surface area contributed by atoms with Gasteiger partial charge in [-0.3, -0.25) is 9.59 Å². The summed E-state index contributed by atoms with van der Waals surface area (Å²) in [4.78, 5) is 27.3. The number of rotatable bonds is 57. The van der Waals surface area contributed by atoms with Crippen LogP contribution in [0.25, 0.3) is 0 Å². The third kappa shape index (κ3) is 32.5. The maximum atomic E-state index is 13.7. The maximum absolute atomic E-state index is 13.7. The third-order valence-electron chi connectivity index (χ3n) is 24.5. The summed E-state index contributed by atoms with van der Waals surface area (Å²) in [5.74, 6) is -1.32.